The molecule has 0 amide bonds. The lowest BCUT2D eigenvalue weighted by molar-refractivity contribution is -0.141. The average molecular weight is 145 g/mol. The highest BCUT2D eigenvalue weighted by molar-refractivity contribution is 7.78. The Morgan fingerprint density at radius 3 is 2.33 bits per heavy atom. The number of thiocarbonyl (C=S) groups is 1. The molecule has 0 atom stereocenters. The zero-order valence-electron chi connectivity index (χ0n) is 5.21. The topological polar surface area (TPSA) is 49.7 Å². The van der Waals surface area contributed by atoms with Gasteiger partial charge in [0.15, 0.2) is 5.54 Å². The van der Waals surface area contributed by atoms with E-state index in [4.69, 9.17) is 5.11 Å². The number of aliphatic carboxylic acids is 1. The Bertz CT molecular complexity index is 166. The first kappa shape index (κ1) is 8.27. The Morgan fingerprint density at radius 2 is 2.22 bits per heavy atom. The van der Waals surface area contributed by atoms with Crippen molar-refractivity contribution in [3.05, 3.63) is 0 Å². The van der Waals surface area contributed by atoms with E-state index in [9.17, 15) is 4.79 Å². The summed E-state index contributed by atoms with van der Waals surface area (Å²) in [4.78, 5) is 13.7. The molecular weight excluding hydrogens is 138 g/mol. The second-order valence-electron chi connectivity index (χ2n) is 2.07. The van der Waals surface area contributed by atoms with Gasteiger partial charge in [0.25, 0.3) is 0 Å². The zero-order valence-corrected chi connectivity index (χ0v) is 6.03. The Balaban J connectivity index is 4.37. The molecule has 0 heterocycles. The highest BCUT2D eigenvalue weighted by Gasteiger charge is 2.25. The Morgan fingerprint density at radius 1 is 1.78 bits per heavy atom. The van der Waals surface area contributed by atoms with Crippen LogP contribution in [0.2, 0.25) is 0 Å². The summed E-state index contributed by atoms with van der Waals surface area (Å²) in [5.41, 5.74) is -1.12. The minimum atomic E-state index is -1.12. The number of nitrogens with zero attached hydrogens (tertiary/aromatic N) is 1. The predicted octanol–water partition coefficient (Wildman–Crippen LogP) is 0.952. The molecule has 0 bridgehead atoms. The quantitative estimate of drug-likeness (QED) is 0.465. The first-order chi connectivity index (χ1) is 4.00. The van der Waals surface area contributed by atoms with Gasteiger partial charge in [-0.1, -0.05) is 0 Å². The monoisotopic (exact) mass is 145 g/mol. The first-order valence-electron chi connectivity index (χ1n) is 2.33. The highest BCUT2D eigenvalue weighted by atomic mass is 32.1. The predicted molar refractivity (Wildman–Crippen MR) is 36.7 cm³/mol. The van der Waals surface area contributed by atoms with Gasteiger partial charge in [0.2, 0.25) is 0 Å². The smallest absolute Gasteiger partial charge is 0.331 e. The maximum absolute atomic E-state index is 10.2. The molecule has 50 valence electrons. The van der Waals surface area contributed by atoms with Crippen LogP contribution < -0.4 is 0 Å². The van der Waals surface area contributed by atoms with Gasteiger partial charge in [-0.05, 0) is 26.1 Å². The molecule has 0 fully saturated rings. The molecule has 0 spiro atoms. The fourth-order valence-corrected chi connectivity index (χ4v) is 0.390. The van der Waals surface area contributed by atoms with E-state index in [2.05, 4.69) is 17.2 Å². The number of aliphatic imine (C=N–C) groups is 1. The van der Waals surface area contributed by atoms with Gasteiger partial charge in [-0.2, -0.15) is 0 Å². The lowest BCUT2D eigenvalue weighted by atomic mass is 10.1. The van der Waals surface area contributed by atoms with Crippen molar-refractivity contribution in [2.24, 2.45) is 4.99 Å². The van der Waals surface area contributed by atoms with Crippen LogP contribution in [0.1, 0.15) is 13.8 Å². The van der Waals surface area contributed by atoms with Crippen LogP contribution in [0.5, 0.6) is 0 Å². The van der Waals surface area contributed by atoms with Crippen LogP contribution in [0.15, 0.2) is 4.99 Å². The van der Waals surface area contributed by atoms with E-state index in [0.29, 0.717) is 0 Å². The molecular formula is C5H7NO2S. The summed E-state index contributed by atoms with van der Waals surface area (Å²) in [5.74, 6) is -1.00. The van der Waals surface area contributed by atoms with Gasteiger partial charge >= 0.3 is 5.97 Å². The van der Waals surface area contributed by atoms with Crippen LogP contribution in [0.25, 0.3) is 0 Å². The molecule has 0 saturated heterocycles. The number of carbonyl (C=O) groups is 1. The van der Waals surface area contributed by atoms with Gasteiger partial charge < -0.3 is 5.11 Å². The van der Waals surface area contributed by atoms with Crippen LogP contribution in [-0.4, -0.2) is 21.8 Å². The average Bonchev–Trinajstić information content (AvgIpc) is 1.65. The Hall–Kier alpha value is -0.730. The molecule has 0 unspecified atom stereocenters. The summed E-state index contributed by atoms with van der Waals surface area (Å²) in [7, 11) is 0. The zero-order chi connectivity index (χ0) is 7.49. The van der Waals surface area contributed by atoms with E-state index in [1.807, 2.05) is 5.16 Å². The molecule has 4 heteroatoms. The van der Waals surface area contributed by atoms with Crippen molar-refractivity contribution in [1.82, 2.24) is 0 Å². The minimum absolute atomic E-state index is 1.00. The summed E-state index contributed by atoms with van der Waals surface area (Å²) < 4.78 is 0. The lowest BCUT2D eigenvalue weighted by Gasteiger charge is -2.09. The molecule has 0 aromatic rings. The maximum atomic E-state index is 10.2. The molecule has 0 aromatic heterocycles. The van der Waals surface area contributed by atoms with Crippen LogP contribution in [0.4, 0.5) is 0 Å². The minimum Gasteiger partial charge on any atom is -0.479 e. The van der Waals surface area contributed by atoms with Gasteiger partial charge in [0.05, 0.1) is 5.16 Å². The van der Waals surface area contributed by atoms with Crippen molar-refractivity contribution in [3.63, 3.8) is 0 Å². The lowest BCUT2D eigenvalue weighted by Crippen LogP contribution is -2.28. The normalized spacial score (nSPS) is 10.0. The molecule has 0 aliphatic heterocycles. The molecule has 0 rings (SSSR count). The number of rotatable bonds is 2. The third-order valence-electron chi connectivity index (χ3n) is 0.849. The molecule has 0 saturated carbocycles. The Labute approximate surface area is 58.4 Å². The maximum Gasteiger partial charge on any atom is 0.331 e. The first-order valence-corrected chi connectivity index (χ1v) is 2.74. The second-order valence-corrected chi connectivity index (χ2v) is 2.25. The summed E-state index contributed by atoms with van der Waals surface area (Å²) in [5, 5.41) is 10.4. The van der Waals surface area contributed by atoms with E-state index < -0.39 is 11.5 Å². The number of carboxylic acid groups (broad SMARTS) is 1. The fraction of sp³-hybridized carbons (Fsp3) is 0.600. The van der Waals surface area contributed by atoms with Crippen LogP contribution in [0.3, 0.4) is 0 Å². The van der Waals surface area contributed by atoms with Crippen LogP contribution in [0, 0.1) is 0 Å². The highest BCUT2D eigenvalue weighted by Crippen LogP contribution is 2.06. The number of hydrogen-bond acceptors (Lipinski definition) is 3. The molecule has 1 N–H and O–H groups in total. The van der Waals surface area contributed by atoms with Crippen molar-refractivity contribution in [1.29, 1.82) is 0 Å². The van der Waals surface area contributed by atoms with Crippen molar-refractivity contribution in [3.8, 4) is 0 Å². The largest absolute Gasteiger partial charge is 0.479 e. The van der Waals surface area contributed by atoms with E-state index in [1.165, 1.54) is 13.8 Å². The van der Waals surface area contributed by atoms with E-state index in [-0.39, 0.29) is 0 Å². The second kappa shape index (κ2) is 2.71. The van der Waals surface area contributed by atoms with Crippen LogP contribution in [-0.2, 0) is 4.79 Å². The van der Waals surface area contributed by atoms with E-state index in [1.54, 1.807) is 0 Å². The third kappa shape index (κ3) is 2.35. The number of hydrogen-bond donors (Lipinski definition) is 1. The van der Waals surface area contributed by atoms with Gasteiger partial charge in [-0.3, -0.25) is 0 Å². The summed E-state index contributed by atoms with van der Waals surface area (Å²) in [6.07, 6.45) is 0. The van der Waals surface area contributed by atoms with Crippen molar-refractivity contribution in [2.75, 3.05) is 0 Å². The van der Waals surface area contributed by atoms with Crippen molar-refractivity contribution in [2.45, 2.75) is 19.4 Å². The summed E-state index contributed by atoms with van der Waals surface area (Å²) in [6.45, 7) is 2.91. The molecule has 9 heavy (non-hydrogen) atoms. The van der Waals surface area contributed by atoms with Crippen molar-refractivity contribution < 1.29 is 9.90 Å². The van der Waals surface area contributed by atoms with E-state index in [0.717, 1.165) is 0 Å². The standard InChI is InChI=1S/C5H7NO2S/c1-5(2,4(7)8)6-3-9/h1-2H3,(H,7,8). The molecule has 0 aromatic carbocycles. The summed E-state index contributed by atoms with van der Waals surface area (Å²) >= 11 is 4.24. The molecule has 3 nitrogen and oxygen atoms in total. The molecule has 0 aliphatic rings. The third-order valence-corrected chi connectivity index (χ3v) is 0.940. The molecule has 0 aliphatic carbocycles. The number of carboxylic acids is 1. The van der Waals surface area contributed by atoms with E-state index >= 15 is 0 Å². The SMILES string of the molecule is CC(C)(N=C=S)C(=O)O. The fourth-order valence-electron chi connectivity index (χ4n) is 0.162. The van der Waals surface area contributed by atoms with Gasteiger partial charge in [0, 0.05) is 0 Å². The summed E-state index contributed by atoms with van der Waals surface area (Å²) in [6, 6.07) is 0. The van der Waals surface area contributed by atoms with Gasteiger partial charge in [-0.25, -0.2) is 9.79 Å². The Kier molecular flexibility index (Phi) is 2.49. The van der Waals surface area contributed by atoms with Crippen LogP contribution >= 0.6 is 12.2 Å². The number of isothiocyanates is 1. The molecule has 0 radical (unpaired) electrons. The van der Waals surface area contributed by atoms with Gasteiger partial charge in [0.1, 0.15) is 0 Å². The van der Waals surface area contributed by atoms with Gasteiger partial charge in [-0.15, -0.1) is 0 Å². The van der Waals surface area contributed by atoms with Crippen molar-refractivity contribution >= 4 is 23.3 Å².